The van der Waals surface area contributed by atoms with Crippen molar-refractivity contribution in [3.63, 3.8) is 0 Å². The van der Waals surface area contributed by atoms with Crippen molar-refractivity contribution in [3.8, 4) is 11.5 Å². The third kappa shape index (κ3) is 5.05. The summed E-state index contributed by atoms with van der Waals surface area (Å²) in [5.74, 6) is -1.54. The van der Waals surface area contributed by atoms with Crippen molar-refractivity contribution in [2.24, 2.45) is 0 Å². The van der Waals surface area contributed by atoms with Crippen LogP contribution in [0.2, 0.25) is 0 Å². The van der Waals surface area contributed by atoms with Gasteiger partial charge in [0.25, 0.3) is 11.8 Å². The largest absolute Gasteiger partial charge is 0.493 e. The molecular formula is C27H24F2N2O5. The van der Waals surface area contributed by atoms with Gasteiger partial charge in [-0.15, -0.1) is 0 Å². The fraction of sp³-hybridized carbons (Fsp3) is 0.222. The first-order valence-corrected chi connectivity index (χ1v) is 11.2. The van der Waals surface area contributed by atoms with Crippen LogP contribution in [0.1, 0.15) is 22.3 Å². The van der Waals surface area contributed by atoms with E-state index in [4.69, 9.17) is 9.47 Å². The number of rotatable bonds is 8. The molecule has 0 aliphatic carbocycles. The molecule has 186 valence electrons. The Morgan fingerprint density at radius 1 is 0.917 bits per heavy atom. The van der Waals surface area contributed by atoms with E-state index in [0.717, 1.165) is 34.7 Å². The van der Waals surface area contributed by atoms with Gasteiger partial charge in [0.15, 0.2) is 11.5 Å². The molecule has 1 saturated heterocycles. The molecule has 0 aromatic heterocycles. The normalized spacial score (nSPS) is 15.2. The topological polar surface area (TPSA) is 76.2 Å². The van der Waals surface area contributed by atoms with Crippen molar-refractivity contribution in [1.82, 2.24) is 4.90 Å². The van der Waals surface area contributed by atoms with Crippen LogP contribution >= 0.6 is 0 Å². The van der Waals surface area contributed by atoms with E-state index in [1.54, 1.807) is 12.1 Å². The Kier molecular flexibility index (Phi) is 7.28. The predicted molar refractivity (Wildman–Crippen MR) is 128 cm³/mol. The highest BCUT2D eigenvalue weighted by Crippen LogP contribution is 2.30. The Labute approximate surface area is 206 Å². The van der Waals surface area contributed by atoms with Crippen molar-refractivity contribution in [1.29, 1.82) is 0 Å². The van der Waals surface area contributed by atoms with Crippen LogP contribution in [0.15, 0.2) is 66.7 Å². The van der Waals surface area contributed by atoms with E-state index in [1.165, 1.54) is 43.4 Å². The lowest BCUT2D eigenvalue weighted by Crippen LogP contribution is -2.46. The molecule has 1 aliphatic rings. The van der Waals surface area contributed by atoms with Gasteiger partial charge in [-0.3, -0.25) is 14.4 Å². The van der Waals surface area contributed by atoms with Crippen LogP contribution in [0, 0.1) is 11.6 Å². The zero-order chi connectivity index (χ0) is 25.8. The Hall–Kier alpha value is -4.27. The van der Waals surface area contributed by atoms with Crippen molar-refractivity contribution >= 4 is 23.4 Å². The summed E-state index contributed by atoms with van der Waals surface area (Å²) in [6.45, 7) is 0.104. The van der Waals surface area contributed by atoms with Crippen molar-refractivity contribution in [3.05, 3.63) is 89.5 Å². The number of carbonyl (C=O) groups excluding carboxylic acids is 3. The number of carbonyl (C=O) groups is 3. The first-order valence-electron chi connectivity index (χ1n) is 11.2. The minimum Gasteiger partial charge on any atom is -0.493 e. The average Bonchev–Trinajstić information content (AvgIpc) is 3.18. The molecule has 36 heavy (non-hydrogen) atoms. The zero-order valence-corrected chi connectivity index (χ0v) is 19.7. The minimum absolute atomic E-state index is 0.104. The van der Waals surface area contributed by atoms with Crippen LogP contribution in [0.5, 0.6) is 11.5 Å². The molecule has 1 fully saturated rings. The molecule has 0 radical (unpaired) electrons. The van der Waals surface area contributed by atoms with E-state index < -0.39 is 35.4 Å². The van der Waals surface area contributed by atoms with Gasteiger partial charge in [-0.1, -0.05) is 6.07 Å². The van der Waals surface area contributed by atoms with Gasteiger partial charge in [-0.05, 0) is 72.6 Å². The molecule has 1 atom stereocenters. The summed E-state index contributed by atoms with van der Waals surface area (Å²) in [7, 11) is 3.04. The fourth-order valence-corrected chi connectivity index (χ4v) is 4.16. The highest BCUT2D eigenvalue weighted by Gasteiger charge is 2.44. The van der Waals surface area contributed by atoms with Crippen LogP contribution in [-0.4, -0.2) is 49.4 Å². The maximum absolute atomic E-state index is 13.5. The van der Waals surface area contributed by atoms with Crippen LogP contribution in [-0.2, 0) is 16.0 Å². The Balaban J connectivity index is 1.63. The SMILES string of the molecule is COc1ccc(CCN(C(=O)c2ccc(F)cc2)C2CC(=O)N(c3ccc(F)cc3)C2=O)cc1OC. The maximum atomic E-state index is 13.5. The number of halogens is 2. The lowest BCUT2D eigenvalue weighted by molar-refractivity contribution is -0.122. The van der Waals surface area contributed by atoms with Gasteiger partial charge in [-0.2, -0.15) is 0 Å². The number of ether oxygens (including phenoxy) is 2. The molecule has 4 rings (SSSR count). The van der Waals surface area contributed by atoms with E-state index in [0.29, 0.717) is 17.9 Å². The quantitative estimate of drug-likeness (QED) is 0.443. The van der Waals surface area contributed by atoms with E-state index in [2.05, 4.69) is 0 Å². The van der Waals surface area contributed by atoms with Crippen molar-refractivity contribution in [2.45, 2.75) is 18.9 Å². The lowest BCUT2D eigenvalue weighted by Gasteiger charge is -2.28. The smallest absolute Gasteiger partial charge is 0.257 e. The van der Waals surface area contributed by atoms with Gasteiger partial charge in [-0.25, -0.2) is 13.7 Å². The molecule has 3 amide bonds. The first kappa shape index (κ1) is 24.8. The number of nitrogens with zero attached hydrogens (tertiary/aromatic N) is 2. The van der Waals surface area contributed by atoms with E-state index >= 15 is 0 Å². The molecule has 0 N–H and O–H groups in total. The second-order valence-electron chi connectivity index (χ2n) is 8.21. The molecule has 3 aromatic carbocycles. The van der Waals surface area contributed by atoms with Crippen LogP contribution in [0.3, 0.4) is 0 Å². The van der Waals surface area contributed by atoms with Crippen LogP contribution in [0.4, 0.5) is 14.5 Å². The van der Waals surface area contributed by atoms with Gasteiger partial charge in [0.05, 0.1) is 26.3 Å². The summed E-state index contributed by atoms with van der Waals surface area (Å²) in [6, 6.07) is 14.2. The summed E-state index contributed by atoms with van der Waals surface area (Å²) in [5, 5.41) is 0. The number of anilines is 1. The first-order chi connectivity index (χ1) is 17.3. The number of imide groups is 1. The number of amides is 3. The molecule has 0 saturated carbocycles. The second-order valence-corrected chi connectivity index (χ2v) is 8.21. The Morgan fingerprint density at radius 3 is 2.14 bits per heavy atom. The van der Waals surface area contributed by atoms with Gasteiger partial charge >= 0.3 is 0 Å². The third-order valence-corrected chi connectivity index (χ3v) is 6.03. The Morgan fingerprint density at radius 2 is 1.53 bits per heavy atom. The van der Waals surface area contributed by atoms with Crippen molar-refractivity contribution in [2.75, 3.05) is 25.7 Å². The monoisotopic (exact) mass is 494 g/mol. The number of hydrogen-bond donors (Lipinski definition) is 0. The van der Waals surface area contributed by atoms with Crippen LogP contribution < -0.4 is 14.4 Å². The minimum atomic E-state index is -1.07. The second kappa shape index (κ2) is 10.6. The lowest BCUT2D eigenvalue weighted by atomic mass is 10.1. The zero-order valence-electron chi connectivity index (χ0n) is 19.7. The van der Waals surface area contributed by atoms with Gasteiger partial charge in [0, 0.05) is 12.1 Å². The van der Waals surface area contributed by atoms with Gasteiger partial charge < -0.3 is 14.4 Å². The van der Waals surface area contributed by atoms with E-state index in [9.17, 15) is 23.2 Å². The summed E-state index contributed by atoms with van der Waals surface area (Å²) in [6.07, 6.45) is 0.122. The number of methoxy groups -OCH3 is 2. The molecule has 0 bridgehead atoms. The summed E-state index contributed by atoms with van der Waals surface area (Å²) in [5.41, 5.74) is 1.23. The molecule has 1 aliphatic heterocycles. The van der Waals surface area contributed by atoms with Crippen molar-refractivity contribution < 1.29 is 32.6 Å². The summed E-state index contributed by atoms with van der Waals surface area (Å²) in [4.78, 5) is 41.9. The molecule has 1 unspecified atom stereocenters. The third-order valence-electron chi connectivity index (χ3n) is 6.03. The van der Waals surface area contributed by atoms with Crippen LogP contribution in [0.25, 0.3) is 0 Å². The highest BCUT2D eigenvalue weighted by atomic mass is 19.1. The summed E-state index contributed by atoms with van der Waals surface area (Å²) < 4.78 is 37.4. The molecule has 1 heterocycles. The molecule has 7 nitrogen and oxygen atoms in total. The standard InChI is InChI=1S/C27H24F2N2O5/c1-35-23-12-3-17(15-24(23)36-2)13-14-30(26(33)18-4-6-19(28)7-5-18)22-16-25(32)31(27(22)34)21-10-8-20(29)9-11-21/h3-12,15,22H,13-14,16H2,1-2H3. The molecular weight excluding hydrogens is 470 g/mol. The number of benzene rings is 3. The number of hydrogen-bond acceptors (Lipinski definition) is 5. The molecule has 3 aromatic rings. The summed E-state index contributed by atoms with van der Waals surface area (Å²) >= 11 is 0. The van der Waals surface area contributed by atoms with E-state index in [-0.39, 0.29) is 24.2 Å². The molecule has 0 spiro atoms. The fourth-order valence-electron chi connectivity index (χ4n) is 4.16. The van der Waals surface area contributed by atoms with Gasteiger partial charge in [0.1, 0.15) is 17.7 Å². The Bertz CT molecular complexity index is 1280. The maximum Gasteiger partial charge on any atom is 0.257 e. The molecule has 9 heteroatoms. The highest BCUT2D eigenvalue weighted by molar-refractivity contribution is 6.23. The average molecular weight is 494 g/mol. The predicted octanol–water partition coefficient (Wildman–Crippen LogP) is 4.00. The van der Waals surface area contributed by atoms with Gasteiger partial charge in [0.2, 0.25) is 5.91 Å². The van der Waals surface area contributed by atoms with E-state index in [1.807, 2.05) is 6.07 Å².